The number of rotatable bonds is 7. The van der Waals surface area contributed by atoms with Crippen molar-refractivity contribution in [3.05, 3.63) is 59.7 Å². The van der Waals surface area contributed by atoms with Crippen molar-refractivity contribution >= 4 is 21.6 Å². The molecule has 0 fully saturated rings. The molecule has 1 N–H and O–H groups in total. The maximum Gasteiger partial charge on any atom is 0.253 e. The summed E-state index contributed by atoms with van der Waals surface area (Å²) >= 11 is 0. The molecular weight excluding hydrogens is 340 g/mol. The van der Waals surface area contributed by atoms with E-state index in [-0.39, 0.29) is 5.91 Å². The number of nitrogens with zero attached hydrogens (tertiary/aromatic N) is 1. The summed E-state index contributed by atoms with van der Waals surface area (Å²) < 4.78 is 30.1. The van der Waals surface area contributed by atoms with E-state index < -0.39 is 10.0 Å². The predicted molar refractivity (Wildman–Crippen MR) is 98.7 cm³/mol. The number of amides is 1. The van der Waals surface area contributed by atoms with Crippen molar-refractivity contribution in [2.24, 2.45) is 0 Å². The van der Waals surface area contributed by atoms with Crippen LogP contribution in [0.25, 0.3) is 0 Å². The molecule has 0 aliphatic rings. The minimum Gasteiger partial charge on any atom is -0.492 e. The third-order valence-corrected chi connectivity index (χ3v) is 4.82. The fourth-order valence-electron chi connectivity index (χ4n) is 2.25. The Labute approximate surface area is 148 Å². The standard InChI is InChI=1S/C18H22N2O4S/c1-14-7-6-8-15(13-14)24-12-11-19-18(21)16-9-4-5-10-17(16)20(2)25(3,22)23/h4-10,13H,11-12H2,1-3H3,(H,19,21). The Balaban J connectivity index is 1.97. The van der Waals surface area contributed by atoms with Gasteiger partial charge in [-0.25, -0.2) is 8.42 Å². The number of carbonyl (C=O) groups excluding carboxylic acids is 1. The molecule has 0 aliphatic carbocycles. The summed E-state index contributed by atoms with van der Waals surface area (Å²) in [5.41, 5.74) is 1.73. The maximum absolute atomic E-state index is 12.4. The van der Waals surface area contributed by atoms with Crippen LogP contribution in [0.4, 0.5) is 5.69 Å². The summed E-state index contributed by atoms with van der Waals surface area (Å²) in [5.74, 6) is 0.394. The monoisotopic (exact) mass is 362 g/mol. The summed E-state index contributed by atoms with van der Waals surface area (Å²) in [4.78, 5) is 12.4. The van der Waals surface area contributed by atoms with Gasteiger partial charge in [0.05, 0.1) is 24.1 Å². The van der Waals surface area contributed by atoms with Gasteiger partial charge < -0.3 is 10.1 Å². The van der Waals surface area contributed by atoms with Gasteiger partial charge in [0.25, 0.3) is 5.91 Å². The van der Waals surface area contributed by atoms with Crippen molar-refractivity contribution in [3.63, 3.8) is 0 Å². The van der Waals surface area contributed by atoms with E-state index in [0.29, 0.717) is 24.4 Å². The Morgan fingerprint density at radius 2 is 1.88 bits per heavy atom. The number of carbonyl (C=O) groups is 1. The zero-order valence-corrected chi connectivity index (χ0v) is 15.3. The topological polar surface area (TPSA) is 75.7 Å². The van der Waals surface area contributed by atoms with Crippen LogP contribution in [0.15, 0.2) is 48.5 Å². The molecule has 0 heterocycles. The Morgan fingerprint density at radius 3 is 2.56 bits per heavy atom. The zero-order valence-electron chi connectivity index (χ0n) is 14.5. The van der Waals surface area contributed by atoms with E-state index in [9.17, 15) is 13.2 Å². The van der Waals surface area contributed by atoms with Crippen LogP contribution in [0.2, 0.25) is 0 Å². The van der Waals surface area contributed by atoms with Crippen LogP contribution in [-0.2, 0) is 10.0 Å². The van der Waals surface area contributed by atoms with Crippen LogP contribution in [0.5, 0.6) is 5.75 Å². The number of sulfonamides is 1. The number of hydrogen-bond acceptors (Lipinski definition) is 4. The van der Waals surface area contributed by atoms with Gasteiger partial charge in [-0.1, -0.05) is 24.3 Å². The number of anilines is 1. The molecule has 0 unspecified atom stereocenters. The molecule has 0 saturated heterocycles. The molecule has 0 spiro atoms. The number of nitrogens with one attached hydrogen (secondary N) is 1. The van der Waals surface area contributed by atoms with Gasteiger partial charge in [0.15, 0.2) is 0 Å². The molecule has 0 saturated carbocycles. The van der Waals surface area contributed by atoms with Gasteiger partial charge in [-0.15, -0.1) is 0 Å². The van der Waals surface area contributed by atoms with Gasteiger partial charge in [-0.05, 0) is 36.8 Å². The normalized spacial score (nSPS) is 11.0. The molecule has 6 nitrogen and oxygen atoms in total. The molecule has 0 atom stereocenters. The third kappa shape index (κ3) is 5.22. The van der Waals surface area contributed by atoms with E-state index in [1.807, 2.05) is 31.2 Å². The smallest absolute Gasteiger partial charge is 0.253 e. The number of para-hydroxylation sites is 1. The third-order valence-electron chi connectivity index (χ3n) is 3.63. The predicted octanol–water partition coefficient (Wildman–Crippen LogP) is 2.20. The fraction of sp³-hybridized carbons (Fsp3) is 0.278. The van der Waals surface area contributed by atoms with E-state index in [1.54, 1.807) is 24.3 Å². The second kappa shape index (κ2) is 8.02. The summed E-state index contributed by atoms with van der Waals surface area (Å²) in [5, 5.41) is 2.75. The van der Waals surface area contributed by atoms with Crippen LogP contribution in [-0.4, -0.2) is 40.8 Å². The van der Waals surface area contributed by atoms with E-state index in [0.717, 1.165) is 21.9 Å². The van der Waals surface area contributed by atoms with Crippen molar-refractivity contribution in [1.29, 1.82) is 0 Å². The van der Waals surface area contributed by atoms with Crippen molar-refractivity contribution in [2.75, 3.05) is 30.8 Å². The Hall–Kier alpha value is -2.54. The van der Waals surface area contributed by atoms with E-state index in [4.69, 9.17) is 4.74 Å². The second-order valence-electron chi connectivity index (χ2n) is 5.67. The average Bonchev–Trinajstić information content (AvgIpc) is 2.57. The summed E-state index contributed by atoms with van der Waals surface area (Å²) in [7, 11) is -2.03. The molecule has 0 radical (unpaired) electrons. The Kier molecular flexibility index (Phi) is 6.03. The first-order valence-electron chi connectivity index (χ1n) is 7.79. The lowest BCUT2D eigenvalue weighted by Gasteiger charge is -2.19. The zero-order chi connectivity index (χ0) is 18.4. The van der Waals surface area contributed by atoms with Gasteiger partial charge in [0.2, 0.25) is 10.0 Å². The van der Waals surface area contributed by atoms with Crippen molar-refractivity contribution in [3.8, 4) is 5.75 Å². The molecule has 2 rings (SSSR count). The minimum absolute atomic E-state index is 0.297. The van der Waals surface area contributed by atoms with Crippen LogP contribution < -0.4 is 14.4 Å². The summed E-state index contributed by atoms with van der Waals surface area (Å²) in [6, 6.07) is 14.2. The number of hydrogen-bond donors (Lipinski definition) is 1. The van der Waals surface area contributed by atoms with Crippen LogP contribution in [0, 0.1) is 6.92 Å². The number of ether oxygens (including phenoxy) is 1. The van der Waals surface area contributed by atoms with Crippen LogP contribution >= 0.6 is 0 Å². The van der Waals surface area contributed by atoms with Crippen molar-refractivity contribution in [2.45, 2.75) is 6.92 Å². The van der Waals surface area contributed by atoms with Crippen LogP contribution in [0.1, 0.15) is 15.9 Å². The molecule has 25 heavy (non-hydrogen) atoms. The molecule has 1 amide bonds. The molecule has 2 aromatic carbocycles. The molecule has 7 heteroatoms. The SMILES string of the molecule is Cc1cccc(OCCNC(=O)c2ccccc2N(C)S(C)(=O)=O)c1. The van der Waals surface area contributed by atoms with Crippen LogP contribution in [0.3, 0.4) is 0 Å². The van der Waals surface area contributed by atoms with E-state index in [2.05, 4.69) is 5.32 Å². The first kappa shape index (κ1) is 18.8. The average molecular weight is 362 g/mol. The summed E-state index contributed by atoms with van der Waals surface area (Å²) in [6.45, 7) is 2.60. The lowest BCUT2D eigenvalue weighted by Crippen LogP contribution is -2.31. The first-order valence-corrected chi connectivity index (χ1v) is 9.64. The fourth-order valence-corrected chi connectivity index (χ4v) is 2.77. The molecule has 0 bridgehead atoms. The largest absolute Gasteiger partial charge is 0.492 e. The molecule has 0 aliphatic heterocycles. The quantitative estimate of drug-likeness (QED) is 0.766. The highest BCUT2D eigenvalue weighted by molar-refractivity contribution is 7.92. The highest BCUT2D eigenvalue weighted by Crippen LogP contribution is 2.21. The van der Waals surface area contributed by atoms with E-state index in [1.165, 1.54) is 7.05 Å². The highest BCUT2D eigenvalue weighted by atomic mass is 32.2. The van der Waals surface area contributed by atoms with Crippen molar-refractivity contribution in [1.82, 2.24) is 5.32 Å². The lowest BCUT2D eigenvalue weighted by molar-refractivity contribution is 0.0947. The minimum atomic E-state index is -3.45. The van der Waals surface area contributed by atoms with Gasteiger partial charge >= 0.3 is 0 Å². The Bertz CT molecular complexity index is 850. The van der Waals surface area contributed by atoms with Gasteiger partial charge in [0, 0.05) is 7.05 Å². The first-order chi connectivity index (χ1) is 11.8. The van der Waals surface area contributed by atoms with E-state index >= 15 is 0 Å². The van der Waals surface area contributed by atoms with Gasteiger partial charge in [-0.3, -0.25) is 9.10 Å². The number of benzene rings is 2. The highest BCUT2D eigenvalue weighted by Gasteiger charge is 2.19. The van der Waals surface area contributed by atoms with Gasteiger partial charge in [-0.2, -0.15) is 0 Å². The van der Waals surface area contributed by atoms with Crippen molar-refractivity contribution < 1.29 is 17.9 Å². The van der Waals surface area contributed by atoms with Gasteiger partial charge in [0.1, 0.15) is 12.4 Å². The summed E-state index contributed by atoms with van der Waals surface area (Å²) in [6.07, 6.45) is 1.09. The second-order valence-corrected chi connectivity index (χ2v) is 7.68. The molecule has 134 valence electrons. The lowest BCUT2D eigenvalue weighted by atomic mass is 10.1. The molecular formula is C18H22N2O4S. The number of aryl methyl sites for hydroxylation is 1. The molecule has 2 aromatic rings. The Morgan fingerprint density at radius 1 is 1.16 bits per heavy atom. The molecule has 0 aromatic heterocycles. The maximum atomic E-state index is 12.4.